The highest BCUT2D eigenvalue weighted by Gasteiger charge is 2.27. The lowest BCUT2D eigenvalue weighted by atomic mass is 10.1. The Labute approximate surface area is 111 Å². The van der Waals surface area contributed by atoms with Crippen LogP contribution in [0.25, 0.3) is 0 Å². The van der Waals surface area contributed by atoms with E-state index in [0.29, 0.717) is 10.2 Å². The van der Waals surface area contributed by atoms with E-state index in [0.717, 1.165) is 11.1 Å². The van der Waals surface area contributed by atoms with Crippen LogP contribution in [0.5, 0.6) is 0 Å². The Balaban J connectivity index is 2.71. The number of urea groups is 1. The number of amides is 2. The topological polar surface area (TPSA) is 41.1 Å². The van der Waals surface area contributed by atoms with Gasteiger partial charge < -0.3 is 10.6 Å². The number of carbonyl (C=O) groups is 1. The number of benzene rings is 1. The third-order valence-electron chi connectivity index (χ3n) is 2.12. The Hall–Kier alpha value is -1.24. The first-order valence-corrected chi connectivity index (χ1v) is 5.86. The van der Waals surface area contributed by atoms with Gasteiger partial charge in [-0.15, -0.1) is 0 Å². The molecule has 0 radical (unpaired) electrons. The summed E-state index contributed by atoms with van der Waals surface area (Å²) < 4.78 is 36.4. The van der Waals surface area contributed by atoms with Crippen LogP contribution in [0.2, 0.25) is 0 Å². The quantitative estimate of drug-likeness (QED) is 0.854. The third-order valence-corrected chi connectivity index (χ3v) is 2.75. The van der Waals surface area contributed by atoms with Crippen LogP contribution < -0.4 is 10.6 Å². The number of carbonyl (C=O) groups excluding carboxylic acids is 1. The molecule has 0 aliphatic rings. The van der Waals surface area contributed by atoms with Gasteiger partial charge in [-0.2, -0.15) is 13.2 Å². The van der Waals surface area contributed by atoms with E-state index < -0.39 is 18.8 Å². The molecule has 18 heavy (non-hydrogen) atoms. The summed E-state index contributed by atoms with van der Waals surface area (Å²) in [4.78, 5) is 11.3. The van der Waals surface area contributed by atoms with Crippen molar-refractivity contribution in [3.8, 4) is 0 Å². The average Bonchev–Trinajstić information content (AvgIpc) is 2.19. The van der Waals surface area contributed by atoms with Crippen LogP contribution in [0.15, 0.2) is 16.6 Å². The Morgan fingerprint density at radius 2 is 1.94 bits per heavy atom. The first kappa shape index (κ1) is 14.8. The molecular weight excluding hydrogens is 313 g/mol. The van der Waals surface area contributed by atoms with Gasteiger partial charge in [-0.25, -0.2) is 4.79 Å². The van der Waals surface area contributed by atoms with Gasteiger partial charge in [0.15, 0.2) is 0 Å². The summed E-state index contributed by atoms with van der Waals surface area (Å²) >= 11 is 3.25. The molecule has 2 N–H and O–H groups in total. The van der Waals surface area contributed by atoms with Crippen LogP contribution in [0, 0.1) is 13.8 Å². The fourth-order valence-corrected chi connectivity index (χ4v) is 2.19. The summed E-state index contributed by atoms with van der Waals surface area (Å²) in [5.41, 5.74) is 2.21. The van der Waals surface area contributed by atoms with E-state index in [1.807, 2.05) is 13.0 Å². The van der Waals surface area contributed by atoms with Crippen molar-refractivity contribution in [2.24, 2.45) is 0 Å². The molecule has 0 aliphatic heterocycles. The SMILES string of the molecule is Cc1cc(C)c(NC(=O)NCC(F)(F)F)c(Br)c1. The summed E-state index contributed by atoms with van der Waals surface area (Å²) in [6.07, 6.45) is -4.42. The maximum atomic E-state index is 11.9. The Morgan fingerprint density at radius 1 is 1.33 bits per heavy atom. The zero-order valence-corrected chi connectivity index (χ0v) is 11.4. The van der Waals surface area contributed by atoms with Crippen LogP contribution in [-0.2, 0) is 0 Å². The molecule has 0 aliphatic carbocycles. The molecule has 0 fully saturated rings. The average molecular weight is 325 g/mol. The Bertz CT molecular complexity index is 437. The maximum absolute atomic E-state index is 11.9. The van der Waals surface area contributed by atoms with Gasteiger partial charge in [0, 0.05) is 4.47 Å². The number of hydrogen-bond acceptors (Lipinski definition) is 1. The highest BCUT2D eigenvalue weighted by molar-refractivity contribution is 9.10. The van der Waals surface area contributed by atoms with Crippen molar-refractivity contribution < 1.29 is 18.0 Å². The molecule has 0 heterocycles. The second-order valence-electron chi connectivity index (χ2n) is 3.86. The molecule has 0 aromatic heterocycles. The molecule has 2 amide bonds. The lowest BCUT2D eigenvalue weighted by Crippen LogP contribution is -2.36. The Kier molecular flexibility index (Phi) is 4.61. The van der Waals surface area contributed by atoms with E-state index in [2.05, 4.69) is 21.2 Å². The summed E-state index contributed by atoms with van der Waals surface area (Å²) in [6.45, 7) is 2.28. The predicted octanol–water partition coefficient (Wildman–Crippen LogP) is 3.75. The number of nitrogens with one attached hydrogen (secondary N) is 2. The molecule has 3 nitrogen and oxygen atoms in total. The van der Waals surface area contributed by atoms with Crippen LogP contribution >= 0.6 is 15.9 Å². The zero-order valence-electron chi connectivity index (χ0n) is 9.78. The van der Waals surface area contributed by atoms with Crippen molar-refractivity contribution in [2.45, 2.75) is 20.0 Å². The number of aryl methyl sites for hydroxylation is 2. The van der Waals surface area contributed by atoms with Gasteiger partial charge in [-0.05, 0) is 47.0 Å². The van der Waals surface area contributed by atoms with Gasteiger partial charge in [-0.1, -0.05) is 6.07 Å². The monoisotopic (exact) mass is 324 g/mol. The molecule has 0 bridgehead atoms. The molecule has 1 aromatic rings. The van der Waals surface area contributed by atoms with Gasteiger partial charge in [0.05, 0.1) is 5.69 Å². The molecule has 0 atom stereocenters. The predicted molar refractivity (Wildman–Crippen MR) is 66.7 cm³/mol. The minimum absolute atomic E-state index is 0.459. The summed E-state index contributed by atoms with van der Waals surface area (Å²) in [5.74, 6) is 0. The van der Waals surface area contributed by atoms with E-state index in [1.54, 1.807) is 18.3 Å². The molecule has 0 spiro atoms. The van der Waals surface area contributed by atoms with Gasteiger partial charge in [0.1, 0.15) is 6.54 Å². The van der Waals surface area contributed by atoms with E-state index in [9.17, 15) is 18.0 Å². The summed E-state index contributed by atoms with van der Waals surface area (Å²) in [7, 11) is 0. The van der Waals surface area contributed by atoms with Gasteiger partial charge >= 0.3 is 12.2 Å². The van der Waals surface area contributed by atoms with Crippen molar-refractivity contribution in [1.29, 1.82) is 0 Å². The van der Waals surface area contributed by atoms with Gasteiger partial charge in [-0.3, -0.25) is 0 Å². The zero-order chi connectivity index (χ0) is 13.9. The fraction of sp³-hybridized carbons (Fsp3) is 0.364. The lowest BCUT2D eigenvalue weighted by molar-refractivity contribution is -0.122. The van der Waals surface area contributed by atoms with E-state index >= 15 is 0 Å². The maximum Gasteiger partial charge on any atom is 0.405 e. The first-order chi connectivity index (χ1) is 8.19. The second kappa shape index (κ2) is 5.60. The van der Waals surface area contributed by atoms with Crippen molar-refractivity contribution in [1.82, 2.24) is 5.32 Å². The number of anilines is 1. The molecular formula is C11H12BrF3N2O. The minimum Gasteiger partial charge on any atom is -0.329 e. The van der Waals surface area contributed by atoms with Crippen LogP contribution in [0.4, 0.5) is 23.7 Å². The van der Waals surface area contributed by atoms with Crippen molar-refractivity contribution in [2.75, 3.05) is 11.9 Å². The third kappa shape index (κ3) is 4.56. The van der Waals surface area contributed by atoms with Gasteiger partial charge in [0.2, 0.25) is 0 Å². The minimum atomic E-state index is -4.42. The summed E-state index contributed by atoms with van der Waals surface area (Å²) in [6, 6.07) is 2.70. The van der Waals surface area contributed by atoms with E-state index in [1.165, 1.54) is 0 Å². The fourth-order valence-electron chi connectivity index (χ4n) is 1.41. The molecule has 1 rings (SSSR count). The standard InChI is InChI=1S/C11H12BrF3N2O/c1-6-3-7(2)9(8(12)4-6)17-10(18)16-5-11(13,14)15/h3-4H,5H2,1-2H3,(H2,16,17,18). The summed E-state index contributed by atoms with van der Waals surface area (Å²) in [5, 5.41) is 4.13. The van der Waals surface area contributed by atoms with Crippen molar-refractivity contribution in [3.63, 3.8) is 0 Å². The van der Waals surface area contributed by atoms with Crippen molar-refractivity contribution >= 4 is 27.6 Å². The molecule has 7 heteroatoms. The van der Waals surface area contributed by atoms with Crippen LogP contribution in [-0.4, -0.2) is 18.8 Å². The number of rotatable bonds is 2. The second-order valence-corrected chi connectivity index (χ2v) is 4.72. The van der Waals surface area contributed by atoms with E-state index in [-0.39, 0.29) is 0 Å². The van der Waals surface area contributed by atoms with Gasteiger partial charge in [0.25, 0.3) is 0 Å². The van der Waals surface area contributed by atoms with Crippen molar-refractivity contribution in [3.05, 3.63) is 27.7 Å². The number of alkyl halides is 3. The molecule has 0 saturated carbocycles. The molecule has 0 saturated heterocycles. The molecule has 0 unspecified atom stereocenters. The normalized spacial score (nSPS) is 11.2. The lowest BCUT2D eigenvalue weighted by Gasteiger charge is -2.13. The Morgan fingerprint density at radius 3 is 2.44 bits per heavy atom. The first-order valence-electron chi connectivity index (χ1n) is 5.07. The molecule has 100 valence electrons. The number of hydrogen-bond donors (Lipinski definition) is 2. The highest BCUT2D eigenvalue weighted by Crippen LogP contribution is 2.27. The van der Waals surface area contributed by atoms with Crippen LogP contribution in [0.3, 0.4) is 0 Å². The number of halogens is 4. The van der Waals surface area contributed by atoms with E-state index in [4.69, 9.17) is 0 Å². The van der Waals surface area contributed by atoms with Crippen LogP contribution in [0.1, 0.15) is 11.1 Å². The smallest absolute Gasteiger partial charge is 0.329 e. The molecule has 1 aromatic carbocycles. The largest absolute Gasteiger partial charge is 0.405 e. The highest BCUT2D eigenvalue weighted by atomic mass is 79.9.